The zero-order valence-corrected chi connectivity index (χ0v) is 19.5. The van der Waals surface area contributed by atoms with Gasteiger partial charge in [0.25, 0.3) is 5.91 Å². The number of aliphatic carboxylic acids is 1. The Morgan fingerprint density at radius 2 is 1.68 bits per heavy atom. The predicted molar refractivity (Wildman–Crippen MR) is 134 cm³/mol. The number of carboxylic acids is 1. The van der Waals surface area contributed by atoms with Crippen LogP contribution < -0.4 is 10.6 Å². The number of thiocarbonyl (C=S) groups is 1. The minimum atomic E-state index is -0.996. The Bertz CT molecular complexity index is 1260. The lowest BCUT2D eigenvalue weighted by molar-refractivity contribution is -0.144. The van der Waals surface area contributed by atoms with Crippen LogP contribution in [-0.2, 0) is 11.3 Å². The molecule has 6 nitrogen and oxygen atoms in total. The van der Waals surface area contributed by atoms with Crippen molar-refractivity contribution in [2.75, 3.05) is 10.6 Å². The summed E-state index contributed by atoms with van der Waals surface area (Å²) in [7, 11) is 0. The average molecular weight is 478 g/mol. The third-order valence-corrected chi connectivity index (χ3v) is 5.92. The predicted octanol–water partition coefficient (Wildman–Crippen LogP) is 5.37. The van der Waals surface area contributed by atoms with E-state index in [1.807, 2.05) is 42.5 Å². The smallest absolute Gasteiger partial charge is 0.326 e. The summed E-state index contributed by atoms with van der Waals surface area (Å²) in [6.45, 7) is 3.90. The van der Waals surface area contributed by atoms with Gasteiger partial charge >= 0.3 is 5.97 Å². The zero-order valence-electron chi connectivity index (χ0n) is 18.7. The molecule has 0 aliphatic carbocycles. The summed E-state index contributed by atoms with van der Waals surface area (Å²) in [5.74, 6) is -1.80. The molecular formula is C26H24FN3O3S. The van der Waals surface area contributed by atoms with E-state index in [-0.39, 0.29) is 17.6 Å². The van der Waals surface area contributed by atoms with E-state index in [2.05, 4.69) is 10.6 Å². The number of nitrogens with one attached hydrogen (secondary N) is 2. The Labute approximate surface area is 202 Å². The van der Waals surface area contributed by atoms with Crippen LogP contribution in [0.1, 0.15) is 29.8 Å². The molecule has 4 rings (SSSR count). The topological polar surface area (TPSA) is 81.7 Å². The van der Waals surface area contributed by atoms with Crippen molar-refractivity contribution in [3.05, 3.63) is 83.7 Å². The molecular weight excluding hydrogens is 453 g/mol. The minimum Gasteiger partial charge on any atom is -0.480 e. The van der Waals surface area contributed by atoms with Crippen LogP contribution in [0.25, 0.3) is 11.1 Å². The Kier molecular flexibility index (Phi) is 6.61. The zero-order chi connectivity index (χ0) is 24.4. The molecule has 0 bridgehead atoms. The van der Waals surface area contributed by atoms with Gasteiger partial charge in [0.2, 0.25) is 0 Å². The molecule has 1 aliphatic rings. The lowest BCUT2D eigenvalue weighted by Crippen LogP contribution is -2.44. The Hall–Kier alpha value is -3.78. The Morgan fingerprint density at radius 3 is 2.32 bits per heavy atom. The largest absolute Gasteiger partial charge is 0.480 e. The van der Waals surface area contributed by atoms with E-state index in [0.29, 0.717) is 22.9 Å². The first-order chi connectivity index (χ1) is 16.2. The van der Waals surface area contributed by atoms with Gasteiger partial charge in [0.15, 0.2) is 5.11 Å². The van der Waals surface area contributed by atoms with Gasteiger partial charge in [-0.15, -0.1) is 0 Å². The molecule has 174 valence electrons. The molecule has 0 fully saturated rings. The fraction of sp³-hybridized carbons (Fsp3) is 0.192. The fourth-order valence-electron chi connectivity index (χ4n) is 4.11. The van der Waals surface area contributed by atoms with Crippen molar-refractivity contribution in [3.63, 3.8) is 0 Å². The summed E-state index contributed by atoms with van der Waals surface area (Å²) in [6.07, 6.45) is 0. The number of nitrogens with zero attached hydrogens (tertiary/aromatic N) is 1. The minimum absolute atomic E-state index is 0.197. The first kappa shape index (κ1) is 23.4. The third-order valence-electron chi connectivity index (χ3n) is 5.72. The average Bonchev–Trinajstić information content (AvgIpc) is 3.09. The molecule has 34 heavy (non-hydrogen) atoms. The van der Waals surface area contributed by atoms with E-state index in [9.17, 15) is 19.1 Å². The Morgan fingerprint density at radius 1 is 1.00 bits per heavy atom. The second kappa shape index (κ2) is 9.61. The van der Waals surface area contributed by atoms with Gasteiger partial charge in [-0.25, -0.2) is 9.18 Å². The fourth-order valence-corrected chi connectivity index (χ4v) is 4.35. The molecule has 1 atom stereocenters. The number of carbonyl (C=O) groups is 2. The van der Waals surface area contributed by atoms with Crippen molar-refractivity contribution in [2.24, 2.45) is 5.92 Å². The van der Waals surface area contributed by atoms with E-state index in [0.717, 1.165) is 22.4 Å². The molecule has 0 saturated heterocycles. The van der Waals surface area contributed by atoms with Gasteiger partial charge in [-0.2, -0.15) is 0 Å². The summed E-state index contributed by atoms with van der Waals surface area (Å²) < 4.78 is 13.3. The van der Waals surface area contributed by atoms with Crippen molar-refractivity contribution in [3.8, 4) is 11.1 Å². The molecule has 1 heterocycles. The molecule has 8 heteroatoms. The molecule has 1 unspecified atom stereocenters. The van der Waals surface area contributed by atoms with Crippen LogP contribution in [0.15, 0.2) is 66.7 Å². The van der Waals surface area contributed by atoms with Crippen molar-refractivity contribution < 1.29 is 19.1 Å². The van der Waals surface area contributed by atoms with Gasteiger partial charge in [-0.05, 0) is 71.2 Å². The summed E-state index contributed by atoms with van der Waals surface area (Å²) in [6, 6.07) is 18.3. The van der Waals surface area contributed by atoms with E-state index < -0.39 is 12.0 Å². The van der Waals surface area contributed by atoms with Crippen LogP contribution in [0.5, 0.6) is 0 Å². The summed E-state index contributed by atoms with van der Waals surface area (Å²) in [5, 5.41) is 15.9. The number of anilines is 2. The van der Waals surface area contributed by atoms with E-state index in [1.165, 1.54) is 17.0 Å². The monoisotopic (exact) mass is 477 g/mol. The second-order valence-electron chi connectivity index (χ2n) is 8.50. The number of halogens is 1. The van der Waals surface area contributed by atoms with Crippen LogP contribution in [-0.4, -0.2) is 33.0 Å². The van der Waals surface area contributed by atoms with Crippen molar-refractivity contribution in [1.29, 1.82) is 0 Å². The van der Waals surface area contributed by atoms with Crippen LogP contribution >= 0.6 is 12.2 Å². The highest BCUT2D eigenvalue weighted by Crippen LogP contribution is 2.31. The molecule has 0 saturated carbocycles. The number of amides is 1. The number of carbonyl (C=O) groups excluding carboxylic acids is 1. The van der Waals surface area contributed by atoms with E-state index in [1.54, 1.807) is 26.0 Å². The van der Waals surface area contributed by atoms with Crippen molar-refractivity contribution in [2.45, 2.75) is 26.4 Å². The number of hydrogen-bond donors (Lipinski definition) is 3. The van der Waals surface area contributed by atoms with E-state index >= 15 is 0 Å². The van der Waals surface area contributed by atoms with Gasteiger partial charge in [-0.1, -0.05) is 44.2 Å². The molecule has 1 amide bonds. The molecule has 0 radical (unpaired) electrons. The highest BCUT2D eigenvalue weighted by atomic mass is 32.1. The first-order valence-electron chi connectivity index (χ1n) is 10.8. The van der Waals surface area contributed by atoms with Crippen LogP contribution in [0.3, 0.4) is 0 Å². The number of fused-ring (bicyclic) bond motifs is 1. The lowest BCUT2D eigenvalue weighted by Gasteiger charge is -2.27. The normalized spacial score (nSPS) is 13.5. The summed E-state index contributed by atoms with van der Waals surface area (Å²) >= 11 is 5.29. The maximum atomic E-state index is 13.3. The third kappa shape index (κ3) is 4.92. The highest BCUT2D eigenvalue weighted by molar-refractivity contribution is 7.80. The van der Waals surface area contributed by atoms with Crippen LogP contribution in [0.4, 0.5) is 15.8 Å². The second-order valence-corrected chi connectivity index (χ2v) is 8.91. The van der Waals surface area contributed by atoms with Gasteiger partial charge in [0.1, 0.15) is 11.9 Å². The highest BCUT2D eigenvalue weighted by Gasteiger charge is 2.38. The molecule has 0 aromatic heterocycles. The molecule has 3 aromatic carbocycles. The Balaban J connectivity index is 1.47. The first-order valence-corrected chi connectivity index (χ1v) is 11.2. The molecule has 3 aromatic rings. The summed E-state index contributed by atoms with van der Waals surface area (Å²) in [4.78, 5) is 26.1. The number of hydrogen-bond acceptors (Lipinski definition) is 3. The standard InChI is InChI=1S/C26H24FN3O3S/c1-15(2)23(25(32)33)30-14-18-7-6-17(12-22(18)24(30)31)16-8-10-20(11-9-16)28-26(34)29-21-5-3-4-19(27)13-21/h3-13,15,23H,14H2,1-2H3,(H,32,33)(H2,28,29,34). The van der Waals surface area contributed by atoms with Crippen molar-refractivity contribution >= 4 is 40.6 Å². The van der Waals surface area contributed by atoms with Crippen LogP contribution in [0, 0.1) is 11.7 Å². The van der Waals surface area contributed by atoms with Crippen molar-refractivity contribution in [1.82, 2.24) is 4.90 Å². The number of benzene rings is 3. The maximum absolute atomic E-state index is 13.3. The number of rotatable bonds is 6. The van der Waals surface area contributed by atoms with Gasteiger partial charge in [0, 0.05) is 23.5 Å². The lowest BCUT2D eigenvalue weighted by atomic mass is 10.00. The van der Waals surface area contributed by atoms with Gasteiger partial charge in [-0.3, -0.25) is 4.79 Å². The van der Waals surface area contributed by atoms with Crippen LogP contribution in [0.2, 0.25) is 0 Å². The molecule has 3 N–H and O–H groups in total. The van der Waals surface area contributed by atoms with E-state index in [4.69, 9.17) is 12.2 Å². The van der Waals surface area contributed by atoms with Gasteiger partial charge < -0.3 is 20.6 Å². The van der Waals surface area contributed by atoms with Gasteiger partial charge in [0.05, 0.1) is 0 Å². The SMILES string of the molecule is CC(C)C(C(=O)O)N1Cc2ccc(-c3ccc(NC(=S)Nc4cccc(F)c4)cc3)cc2C1=O. The maximum Gasteiger partial charge on any atom is 0.326 e. The summed E-state index contributed by atoms with van der Waals surface area (Å²) in [5.41, 5.74) is 4.43. The molecule has 0 spiro atoms. The molecule has 1 aliphatic heterocycles. The quantitative estimate of drug-likeness (QED) is 0.415. The number of carboxylic acid groups (broad SMARTS) is 1.